The topological polar surface area (TPSA) is 108 Å². The standard InChI is InChI=1S/C47H89N2O6P/c1-6-8-10-12-14-16-18-20-22-23-24-25-27-28-30-32-34-36-38-40-46(50)45(44-55-56(52,53)54-43-42-49(3,4)5)48-47(51)41-39-37-35-33-31-29-26-21-19-17-15-13-11-9-7-2/h21,24-26,30,32,38,40,45-46,50H,6-20,22-23,27-29,31,33-37,39,41-44H2,1-5H3,(H-,48,51,52,53)/b25-24+,26-21-,32-30+,40-38+. The summed E-state index contributed by atoms with van der Waals surface area (Å²) in [5.74, 6) is -0.222. The van der Waals surface area contributed by atoms with Gasteiger partial charge in [0.1, 0.15) is 13.2 Å². The molecule has 1 amide bonds. The lowest BCUT2D eigenvalue weighted by Crippen LogP contribution is -2.45. The van der Waals surface area contributed by atoms with Gasteiger partial charge in [-0.15, -0.1) is 0 Å². The number of likely N-dealkylation sites (N-methyl/N-ethyl adjacent to an activating group) is 1. The summed E-state index contributed by atoms with van der Waals surface area (Å²) in [6.07, 6.45) is 48.7. The fourth-order valence-electron chi connectivity index (χ4n) is 6.30. The van der Waals surface area contributed by atoms with E-state index in [2.05, 4.69) is 55.6 Å². The molecule has 0 saturated heterocycles. The van der Waals surface area contributed by atoms with Crippen molar-refractivity contribution >= 4 is 13.7 Å². The van der Waals surface area contributed by atoms with E-state index < -0.39 is 26.6 Å². The molecule has 3 atom stereocenters. The van der Waals surface area contributed by atoms with E-state index in [0.717, 1.165) is 64.2 Å². The van der Waals surface area contributed by atoms with Crippen LogP contribution in [0.4, 0.5) is 0 Å². The molecule has 0 spiro atoms. The van der Waals surface area contributed by atoms with Crippen LogP contribution in [0.3, 0.4) is 0 Å². The van der Waals surface area contributed by atoms with Gasteiger partial charge in [0.15, 0.2) is 0 Å². The van der Waals surface area contributed by atoms with Crippen LogP contribution in [0.15, 0.2) is 48.6 Å². The minimum absolute atomic E-state index is 0.0115. The summed E-state index contributed by atoms with van der Waals surface area (Å²) in [5.41, 5.74) is 0. The SMILES string of the molecule is CCCCCCCC/C=C\CCCCCCCC(=O)NC(COP(=O)([O-])OCC[N+](C)(C)C)C(O)/C=C/CC/C=C/CC/C=C/CCCCCCCCCCC. The number of nitrogens with zero attached hydrogens (tertiary/aromatic N) is 1. The van der Waals surface area contributed by atoms with Gasteiger partial charge in [-0.1, -0.05) is 165 Å². The zero-order chi connectivity index (χ0) is 41.4. The molecule has 0 bridgehead atoms. The first-order valence-electron chi connectivity index (χ1n) is 23.0. The molecule has 0 aliphatic carbocycles. The van der Waals surface area contributed by atoms with Crippen LogP contribution < -0.4 is 10.2 Å². The highest BCUT2D eigenvalue weighted by Gasteiger charge is 2.23. The molecular formula is C47H89N2O6P. The lowest BCUT2D eigenvalue weighted by molar-refractivity contribution is -0.870. The van der Waals surface area contributed by atoms with Gasteiger partial charge in [0.05, 0.1) is 39.9 Å². The van der Waals surface area contributed by atoms with Gasteiger partial charge in [0.25, 0.3) is 7.82 Å². The third-order valence-electron chi connectivity index (χ3n) is 9.99. The number of hydrogen-bond donors (Lipinski definition) is 2. The van der Waals surface area contributed by atoms with E-state index in [4.69, 9.17) is 9.05 Å². The van der Waals surface area contributed by atoms with Crippen molar-refractivity contribution in [2.45, 2.75) is 206 Å². The molecule has 0 aromatic rings. The van der Waals surface area contributed by atoms with Gasteiger partial charge in [-0.05, 0) is 70.6 Å². The maximum Gasteiger partial charge on any atom is 0.268 e. The maximum atomic E-state index is 12.8. The second-order valence-electron chi connectivity index (χ2n) is 16.7. The molecule has 8 nitrogen and oxygen atoms in total. The van der Waals surface area contributed by atoms with Crippen LogP contribution in [0.25, 0.3) is 0 Å². The lowest BCUT2D eigenvalue weighted by Gasteiger charge is -2.29. The number of nitrogens with one attached hydrogen (secondary N) is 1. The Morgan fingerprint density at radius 1 is 0.607 bits per heavy atom. The van der Waals surface area contributed by atoms with Gasteiger partial charge in [0.2, 0.25) is 5.91 Å². The summed E-state index contributed by atoms with van der Waals surface area (Å²) in [6.45, 7) is 4.59. The van der Waals surface area contributed by atoms with Crippen LogP contribution in [-0.4, -0.2) is 68.5 Å². The van der Waals surface area contributed by atoms with Crippen LogP contribution in [0, 0.1) is 0 Å². The van der Waals surface area contributed by atoms with E-state index in [1.165, 1.54) is 109 Å². The second kappa shape index (κ2) is 38.9. The Hall–Kier alpha value is -1.54. The molecule has 0 heterocycles. The molecule has 0 fully saturated rings. The average Bonchev–Trinajstić information content (AvgIpc) is 3.15. The molecule has 0 aliphatic heterocycles. The summed E-state index contributed by atoms with van der Waals surface area (Å²) in [7, 11) is 1.23. The van der Waals surface area contributed by atoms with Crippen molar-refractivity contribution < 1.29 is 32.9 Å². The molecule has 0 aromatic heterocycles. The molecule has 3 unspecified atom stereocenters. The third kappa shape index (κ3) is 40.6. The molecule has 0 aromatic carbocycles. The van der Waals surface area contributed by atoms with Gasteiger partial charge >= 0.3 is 0 Å². The fourth-order valence-corrected chi connectivity index (χ4v) is 7.02. The number of rotatable bonds is 41. The summed E-state index contributed by atoms with van der Waals surface area (Å²) in [5, 5.41) is 13.8. The van der Waals surface area contributed by atoms with Gasteiger partial charge in [0, 0.05) is 6.42 Å². The van der Waals surface area contributed by atoms with Crippen molar-refractivity contribution in [2.24, 2.45) is 0 Å². The van der Waals surface area contributed by atoms with Crippen molar-refractivity contribution in [2.75, 3.05) is 40.9 Å². The highest BCUT2D eigenvalue weighted by molar-refractivity contribution is 7.45. The number of phosphoric acid groups is 1. The highest BCUT2D eigenvalue weighted by Crippen LogP contribution is 2.38. The Bertz CT molecular complexity index is 1050. The Labute approximate surface area is 346 Å². The van der Waals surface area contributed by atoms with E-state index >= 15 is 0 Å². The molecular weight excluding hydrogens is 719 g/mol. The van der Waals surface area contributed by atoms with E-state index in [-0.39, 0.29) is 12.5 Å². The van der Waals surface area contributed by atoms with Gasteiger partial charge in [-0.3, -0.25) is 9.36 Å². The molecule has 0 radical (unpaired) electrons. The minimum atomic E-state index is -4.60. The van der Waals surface area contributed by atoms with Crippen LogP contribution in [0.5, 0.6) is 0 Å². The Balaban J connectivity index is 4.51. The van der Waals surface area contributed by atoms with Crippen molar-refractivity contribution in [3.8, 4) is 0 Å². The molecule has 328 valence electrons. The molecule has 9 heteroatoms. The van der Waals surface area contributed by atoms with Gasteiger partial charge in [-0.2, -0.15) is 0 Å². The largest absolute Gasteiger partial charge is 0.756 e. The number of aliphatic hydroxyl groups is 1. The number of aliphatic hydroxyl groups excluding tert-OH is 1. The Morgan fingerprint density at radius 2 is 1.00 bits per heavy atom. The summed E-state index contributed by atoms with van der Waals surface area (Å²) in [4.78, 5) is 25.3. The van der Waals surface area contributed by atoms with Crippen LogP contribution in [0.2, 0.25) is 0 Å². The first kappa shape index (κ1) is 54.5. The zero-order valence-corrected chi connectivity index (χ0v) is 38.0. The maximum absolute atomic E-state index is 12.8. The highest BCUT2D eigenvalue weighted by atomic mass is 31.2. The smallest absolute Gasteiger partial charge is 0.268 e. The predicted octanol–water partition coefficient (Wildman–Crippen LogP) is 12.2. The number of phosphoric ester groups is 1. The third-order valence-corrected chi connectivity index (χ3v) is 11.0. The summed E-state index contributed by atoms with van der Waals surface area (Å²) in [6, 6.07) is -0.913. The fraction of sp³-hybridized carbons (Fsp3) is 0.809. The number of quaternary nitrogens is 1. The first-order chi connectivity index (χ1) is 27.0. The number of carbonyl (C=O) groups is 1. The Morgan fingerprint density at radius 3 is 1.45 bits per heavy atom. The molecule has 0 rings (SSSR count). The van der Waals surface area contributed by atoms with Gasteiger partial charge < -0.3 is 28.8 Å². The van der Waals surface area contributed by atoms with E-state index in [9.17, 15) is 19.4 Å². The van der Waals surface area contributed by atoms with Crippen LogP contribution >= 0.6 is 7.82 Å². The van der Waals surface area contributed by atoms with E-state index in [1.54, 1.807) is 6.08 Å². The van der Waals surface area contributed by atoms with E-state index in [1.807, 2.05) is 27.2 Å². The first-order valence-corrected chi connectivity index (χ1v) is 24.5. The number of hydrogen-bond acceptors (Lipinski definition) is 6. The number of carbonyl (C=O) groups excluding carboxylic acids is 1. The van der Waals surface area contributed by atoms with Crippen molar-refractivity contribution in [3.63, 3.8) is 0 Å². The average molecular weight is 809 g/mol. The number of amides is 1. The molecule has 0 saturated carbocycles. The van der Waals surface area contributed by atoms with Crippen molar-refractivity contribution in [1.29, 1.82) is 0 Å². The second-order valence-corrected chi connectivity index (χ2v) is 18.1. The van der Waals surface area contributed by atoms with E-state index in [0.29, 0.717) is 17.4 Å². The lowest BCUT2D eigenvalue weighted by atomic mass is 10.1. The summed E-state index contributed by atoms with van der Waals surface area (Å²) >= 11 is 0. The monoisotopic (exact) mass is 809 g/mol. The number of allylic oxidation sites excluding steroid dienone is 7. The minimum Gasteiger partial charge on any atom is -0.756 e. The van der Waals surface area contributed by atoms with Crippen LogP contribution in [-0.2, 0) is 18.4 Å². The molecule has 56 heavy (non-hydrogen) atoms. The molecule has 0 aliphatic rings. The van der Waals surface area contributed by atoms with Gasteiger partial charge in [-0.25, -0.2) is 0 Å². The number of unbranched alkanes of at least 4 members (excludes halogenated alkanes) is 22. The Kier molecular flexibility index (Phi) is 37.9. The summed E-state index contributed by atoms with van der Waals surface area (Å²) < 4.78 is 23.2. The zero-order valence-electron chi connectivity index (χ0n) is 37.1. The quantitative estimate of drug-likeness (QED) is 0.0276. The molecule has 2 N–H and O–H groups in total. The normalized spacial score (nSPS) is 14.8. The van der Waals surface area contributed by atoms with Crippen molar-refractivity contribution in [3.05, 3.63) is 48.6 Å². The predicted molar refractivity (Wildman–Crippen MR) is 238 cm³/mol. The van der Waals surface area contributed by atoms with Crippen molar-refractivity contribution in [1.82, 2.24) is 5.32 Å². The van der Waals surface area contributed by atoms with Crippen LogP contribution in [0.1, 0.15) is 194 Å².